The van der Waals surface area contributed by atoms with Crippen molar-refractivity contribution in [2.45, 2.75) is 12.4 Å². The lowest BCUT2D eigenvalue weighted by molar-refractivity contribution is -0.143. The Morgan fingerprint density at radius 1 is 0.897 bits per heavy atom. The molecule has 1 aromatic heterocycles. The zero-order chi connectivity index (χ0) is 21.4. The van der Waals surface area contributed by atoms with Gasteiger partial charge in [-0.05, 0) is 30.3 Å². The number of halogens is 6. The third kappa shape index (κ3) is 4.47. The van der Waals surface area contributed by atoms with E-state index in [4.69, 9.17) is 5.73 Å². The fourth-order valence-electron chi connectivity index (χ4n) is 2.39. The summed E-state index contributed by atoms with van der Waals surface area (Å²) < 4.78 is 78.7. The summed E-state index contributed by atoms with van der Waals surface area (Å²) >= 11 is 0. The molecule has 0 unspecified atom stereocenters. The predicted molar refractivity (Wildman–Crippen MR) is 91.8 cm³/mol. The highest BCUT2D eigenvalue weighted by molar-refractivity contribution is 5.58. The van der Waals surface area contributed by atoms with Gasteiger partial charge in [0, 0.05) is 5.69 Å². The average Bonchev–Trinajstić information content (AvgIpc) is 2.63. The Kier molecular flexibility index (Phi) is 4.95. The summed E-state index contributed by atoms with van der Waals surface area (Å²) in [4.78, 5) is 15.7. The number of anilines is 3. The largest absolute Gasteiger partial charge is 0.416 e. The van der Waals surface area contributed by atoms with Gasteiger partial charge in [0.05, 0.1) is 16.8 Å². The fraction of sp³-hybridized carbons (Fsp3) is 0.118. The molecule has 0 amide bonds. The van der Waals surface area contributed by atoms with Crippen molar-refractivity contribution in [3.05, 3.63) is 70.0 Å². The maximum Gasteiger partial charge on any atom is 0.416 e. The summed E-state index contributed by atoms with van der Waals surface area (Å²) in [6, 6.07) is 8.78. The number of alkyl halides is 6. The molecule has 0 spiro atoms. The molecule has 0 atom stereocenters. The number of aromatic nitrogens is 3. The van der Waals surface area contributed by atoms with E-state index in [1.54, 1.807) is 18.2 Å². The van der Waals surface area contributed by atoms with E-state index < -0.39 is 46.5 Å². The standard InChI is InChI=1S/C17H11F6N5O/c18-16(19,20)9-6-10(17(21,22)23)8-11(7-9)25-15-26-13(24)14(29)28(27-15)12-4-2-1-3-5-12/h1-8H,(H3,24,25,26,27). The highest BCUT2D eigenvalue weighted by atomic mass is 19.4. The van der Waals surface area contributed by atoms with Gasteiger partial charge in [0.25, 0.3) is 0 Å². The molecule has 0 aliphatic carbocycles. The minimum absolute atomic E-state index is 0.00864. The molecule has 29 heavy (non-hydrogen) atoms. The zero-order valence-electron chi connectivity index (χ0n) is 14.2. The molecule has 3 N–H and O–H groups in total. The van der Waals surface area contributed by atoms with Gasteiger partial charge < -0.3 is 11.1 Å². The van der Waals surface area contributed by atoms with Crippen molar-refractivity contribution in [2.75, 3.05) is 11.1 Å². The number of nitrogens with one attached hydrogen (secondary N) is 1. The molecule has 0 radical (unpaired) electrons. The van der Waals surface area contributed by atoms with Crippen molar-refractivity contribution in [3.8, 4) is 5.69 Å². The Morgan fingerprint density at radius 3 is 1.97 bits per heavy atom. The summed E-state index contributed by atoms with van der Waals surface area (Å²) in [5.74, 6) is -1.01. The van der Waals surface area contributed by atoms with Crippen molar-refractivity contribution in [1.29, 1.82) is 0 Å². The maximum atomic E-state index is 13.0. The van der Waals surface area contributed by atoms with Gasteiger partial charge in [-0.25, -0.2) is 0 Å². The van der Waals surface area contributed by atoms with Gasteiger partial charge in [-0.3, -0.25) is 4.79 Å². The van der Waals surface area contributed by atoms with Crippen molar-refractivity contribution < 1.29 is 26.3 Å². The van der Waals surface area contributed by atoms with Crippen LogP contribution < -0.4 is 16.6 Å². The number of hydrogen-bond acceptors (Lipinski definition) is 5. The monoisotopic (exact) mass is 415 g/mol. The van der Waals surface area contributed by atoms with Gasteiger partial charge in [-0.15, -0.1) is 5.10 Å². The van der Waals surface area contributed by atoms with Gasteiger partial charge in [0.1, 0.15) is 0 Å². The number of nitrogen functional groups attached to an aromatic ring is 1. The lowest BCUT2D eigenvalue weighted by Gasteiger charge is -2.15. The third-order valence-corrected chi connectivity index (χ3v) is 3.68. The van der Waals surface area contributed by atoms with Gasteiger partial charge in [0.15, 0.2) is 5.82 Å². The summed E-state index contributed by atoms with van der Waals surface area (Å²) in [5, 5.41) is 6.07. The summed E-state index contributed by atoms with van der Waals surface area (Å²) in [7, 11) is 0. The first-order chi connectivity index (χ1) is 13.4. The first kappa shape index (κ1) is 20.2. The minimum atomic E-state index is -5.01. The molecule has 6 nitrogen and oxygen atoms in total. The van der Waals surface area contributed by atoms with Crippen LogP contribution in [0.2, 0.25) is 0 Å². The van der Waals surface area contributed by atoms with E-state index in [0.29, 0.717) is 12.1 Å². The lowest BCUT2D eigenvalue weighted by Crippen LogP contribution is -2.26. The number of rotatable bonds is 3. The Balaban J connectivity index is 2.08. The highest BCUT2D eigenvalue weighted by Crippen LogP contribution is 2.37. The predicted octanol–water partition coefficient (Wildman–Crippen LogP) is 3.99. The lowest BCUT2D eigenvalue weighted by atomic mass is 10.1. The number of benzene rings is 2. The number of hydrogen-bond donors (Lipinski definition) is 2. The normalized spacial score (nSPS) is 12.1. The highest BCUT2D eigenvalue weighted by Gasteiger charge is 2.37. The van der Waals surface area contributed by atoms with Crippen LogP contribution >= 0.6 is 0 Å². The van der Waals surface area contributed by atoms with Crippen molar-refractivity contribution in [3.63, 3.8) is 0 Å². The molecule has 152 valence electrons. The molecule has 2 aromatic carbocycles. The molecule has 3 aromatic rings. The maximum absolute atomic E-state index is 13.0. The summed E-state index contributed by atoms with van der Waals surface area (Å²) in [6.07, 6.45) is -10.0. The van der Waals surface area contributed by atoms with Crippen LogP contribution in [0.1, 0.15) is 11.1 Å². The Bertz CT molecular complexity index is 1060. The number of nitrogens with zero attached hydrogens (tertiary/aromatic N) is 3. The number of nitrogens with two attached hydrogens (primary N) is 1. The van der Waals surface area contributed by atoms with Crippen LogP contribution in [0.25, 0.3) is 5.69 Å². The number of para-hydroxylation sites is 1. The van der Waals surface area contributed by atoms with Crippen molar-refractivity contribution >= 4 is 17.5 Å². The smallest absolute Gasteiger partial charge is 0.379 e. The minimum Gasteiger partial charge on any atom is -0.379 e. The molecular formula is C17H11F6N5O. The molecule has 12 heteroatoms. The van der Waals surface area contributed by atoms with Crippen molar-refractivity contribution in [2.24, 2.45) is 0 Å². The Hall–Kier alpha value is -3.57. The van der Waals surface area contributed by atoms with Gasteiger partial charge in [0.2, 0.25) is 5.95 Å². The van der Waals surface area contributed by atoms with E-state index >= 15 is 0 Å². The topological polar surface area (TPSA) is 85.8 Å². The second-order valence-electron chi connectivity index (χ2n) is 5.79. The average molecular weight is 415 g/mol. The van der Waals surface area contributed by atoms with Crippen LogP contribution in [0, 0.1) is 0 Å². The summed E-state index contributed by atoms with van der Waals surface area (Å²) in [6.45, 7) is 0. The molecule has 0 fully saturated rings. The molecule has 0 saturated carbocycles. The van der Waals surface area contributed by atoms with Crippen LogP contribution in [-0.4, -0.2) is 14.8 Å². The van der Waals surface area contributed by atoms with Gasteiger partial charge >= 0.3 is 17.9 Å². The van der Waals surface area contributed by atoms with Crippen LogP contribution in [0.15, 0.2) is 53.3 Å². The second-order valence-corrected chi connectivity index (χ2v) is 5.79. The molecule has 0 bridgehead atoms. The Labute approximate surface area is 158 Å². The molecule has 3 rings (SSSR count). The quantitative estimate of drug-likeness (QED) is 0.632. The first-order valence-electron chi connectivity index (χ1n) is 7.84. The summed E-state index contributed by atoms with van der Waals surface area (Å²) in [5.41, 5.74) is 1.39. The zero-order valence-corrected chi connectivity index (χ0v) is 14.2. The van der Waals surface area contributed by atoms with Crippen LogP contribution in [-0.2, 0) is 12.4 Å². The second kappa shape index (κ2) is 7.11. The van der Waals surface area contributed by atoms with Crippen LogP contribution in [0.5, 0.6) is 0 Å². The Morgan fingerprint density at radius 2 is 1.45 bits per heavy atom. The van der Waals surface area contributed by atoms with Crippen LogP contribution in [0.4, 0.5) is 43.8 Å². The SMILES string of the molecule is Nc1nc(Nc2cc(C(F)(F)F)cc(C(F)(F)F)c2)nn(-c2ccccc2)c1=O. The van der Waals surface area contributed by atoms with Gasteiger partial charge in [-0.2, -0.15) is 36.0 Å². The molecule has 0 aliphatic rings. The van der Waals surface area contributed by atoms with Crippen LogP contribution in [0.3, 0.4) is 0 Å². The molecule has 1 heterocycles. The van der Waals surface area contributed by atoms with E-state index in [9.17, 15) is 31.1 Å². The van der Waals surface area contributed by atoms with E-state index in [2.05, 4.69) is 15.4 Å². The third-order valence-electron chi connectivity index (χ3n) is 3.68. The van der Waals surface area contributed by atoms with E-state index in [1.165, 1.54) is 12.1 Å². The van der Waals surface area contributed by atoms with E-state index in [-0.39, 0.29) is 11.8 Å². The van der Waals surface area contributed by atoms with E-state index in [0.717, 1.165) is 4.68 Å². The molecular weight excluding hydrogens is 404 g/mol. The van der Waals surface area contributed by atoms with Gasteiger partial charge in [-0.1, -0.05) is 18.2 Å². The van der Waals surface area contributed by atoms with E-state index in [1.807, 2.05) is 0 Å². The first-order valence-corrected chi connectivity index (χ1v) is 7.84. The molecule has 0 aliphatic heterocycles. The molecule has 0 saturated heterocycles. The van der Waals surface area contributed by atoms with Crippen molar-refractivity contribution in [1.82, 2.24) is 14.8 Å². The fourth-order valence-corrected chi connectivity index (χ4v) is 2.39.